The van der Waals surface area contributed by atoms with Crippen LogP contribution in [0.5, 0.6) is 0 Å². The van der Waals surface area contributed by atoms with Crippen molar-refractivity contribution in [2.75, 3.05) is 7.05 Å². The number of carbonyl (C=O) groups excluding carboxylic acids is 2. The first-order valence-corrected chi connectivity index (χ1v) is 7.28. The van der Waals surface area contributed by atoms with Gasteiger partial charge in [0.05, 0.1) is 6.04 Å². The minimum atomic E-state index is -0.305. The number of aldehydes is 1. The van der Waals surface area contributed by atoms with Crippen molar-refractivity contribution in [1.29, 1.82) is 0 Å². The van der Waals surface area contributed by atoms with Crippen LogP contribution in [0.1, 0.15) is 34.3 Å². The van der Waals surface area contributed by atoms with Crippen molar-refractivity contribution < 1.29 is 9.59 Å². The van der Waals surface area contributed by atoms with Crippen molar-refractivity contribution in [3.63, 3.8) is 0 Å². The second-order valence-corrected chi connectivity index (χ2v) is 5.25. The number of nitrogens with zero attached hydrogens (tertiary/aromatic N) is 1. The Labute approximate surface area is 132 Å². The molecule has 0 saturated carbocycles. The lowest BCUT2D eigenvalue weighted by Crippen LogP contribution is -2.40. The van der Waals surface area contributed by atoms with Crippen molar-refractivity contribution in [1.82, 2.24) is 10.2 Å². The second kappa shape index (κ2) is 8.17. The molecule has 0 fully saturated rings. The smallest absolute Gasteiger partial charge is 0.258 e. The van der Waals surface area contributed by atoms with Gasteiger partial charge in [0.2, 0.25) is 0 Å². The SMILES string of the molecule is C=CN(C(=O)c1ccc(C)cc1C)C(CCC=O)C(=C)NC. The highest BCUT2D eigenvalue weighted by molar-refractivity contribution is 5.96. The molecule has 0 aliphatic heterocycles. The van der Waals surface area contributed by atoms with Crippen LogP contribution in [0.4, 0.5) is 0 Å². The molecule has 0 saturated heterocycles. The van der Waals surface area contributed by atoms with Gasteiger partial charge in [-0.1, -0.05) is 30.9 Å². The van der Waals surface area contributed by atoms with Gasteiger partial charge in [-0.2, -0.15) is 0 Å². The lowest BCUT2D eigenvalue weighted by molar-refractivity contribution is -0.108. The first-order chi connectivity index (χ1) is 10.5. The van der Waals surface area contributed by atoms with E-state index in [1.807, 2.05) is 32.0 Å². The summed E-state index contributed by atoms with van der Waals surface area (Å²) in [5.74, 6) is -0.139. The number of nitrogens with one attached hydrogen (secondary N) is 1. The van der Waals surface area contributed by atoms with Crippen LogP contribution >= 0.6 is 0 Å². The number of rotatable bonds is 8. The van der Waals surface area contributed by atoms with Crippen LogP contribution in [0.2, 0.25) is 0 Å². The zero-order valence-corrected chi connectivity index (χ0v) is 13.6. The third-order valence-corrected chi connectivity index (χ3v) is 3.66. The van der Waals surface area contributed by atoms with Crippen molar-refractivity contribution in [2.45, 2.75) is 32.7 Å². The molecule has 0 aliphatic rings. The normalized spacial score (nSPS) is 11.4. The van der Waals surface area contributed by atoms with Gasteiger partial charge in [0.25, 0.3) is 5.91 Å². The average Bonchev–Trinajstić information content (AvgIpc) is 2.50. The second-order valence-electron chi connectivity index (χ2n) is 5.25. The number of likely N-dealkylation sites (N-methyl/N-ethyl adjacent to an activating group) is 1. The molecule has 1 unspecified atom stereocenters. The minimum Gasteiger partial charge on any atom is -0.390 e. The standard InChI is InChI=1S/C18H24N2O2/c1-6-20(17(8-7-11-21)15(4)19-5)18(22)16-10-9-13(2)12-14(16)3/h6,9-12,17,19H,1,4,7-8H2,2-3,5H3. The number of carbonyl (C=O) groups is 2. The van der Waals surface area contributed by atoms with E-state index in [1.165, 1.54) is 6.20 Å². The number of amides is 1. The molecule has 4 nitrogen and oxygen atoms in total. The lowest BCUT2D eigenvalue weighted by Gasteiger charge is -2.30. The topological polar surface area (TPSA) is 49.4 Å². The third-order valence-electron chi connectivity index (χ3n) is 3.66. The van der Waals surface area contributed by atoms with Crippen LogP contribution in [0.25, 0.3) is 0 Å². The van der Waals surface area contributed by atoms with E-state index in [2.05, 4.69) is 18.5 Å². The van der Waals surface area contributed by atoms with Crippen LogP contribution in [0.15, 0.2) is 43.3 Å². The van der Waals surface area contributed by atoms with Crippen LogP contribution in [-0.4, -0.2) is 30.2 Å². The van der Waals surface area contributed by atoms with Gasteiger partial charge in [0, 0.05) is 30.9 Å². The van der Waals surface area contributed by atoms with Crippen molar-refractivity contribution >= 4 is 12.2 Å². The summed E-state index contributed by atoms with van der Waals surface area (Å²) in [6.45, 7) is 11.6. The zero-order chi connectivity index (χ0) is 16.7. The van der Waals surface area contributed by atoms with Crippen molar-refractivity contribution in [3.05, 3.63) is 59.9 Å². The first kappa shape index (κ1) is 17.7. The molecular weight excluding hydrogens is 276 g/mol. The highest BCUT2D eigenvalue weighted by Crippen LogP contribution is 2.19. The summed E-state index contributed by atoms with van der Waals surface area (Å²) in [7, 11) is 1.75. The quantitative estimate of drug-likeness (QED) is 0.751. The summed E-state index contributed by atoms with van der Waals surface area (Å²) in [5.41, 5.74) is 3.34. The third kappa shape index (κ3) is 4.07. The van der Waals surface area contributed by atoms with Gasteiger partial charge in [0.15, 0.2) is 0 Å². The van der Waals surface area contributed by atoms with E-state index in [4.69, 9.17) is 0 Å². The minimum absolute atomic E-state index is 0.139. The number of hydrogen-bond acceptors (Lipinski definition) is 3. The Kier molecular flexibility index (Phi) is 6.57. The lowest BCUT2D eigenvalue weighted by atomic mass is 10.0. The number of benzene rings is 1. The van der Waals surface area contributed by atoms with Gasteiger partial charge in [0.1, 0.15) is 6.29 Å². The molecule has 4 heteroatoms. The molecule has 1 N–H and O–H groups in total. The van der Waals surface area contributed by atoms with E-state index in [-0.39, 0.29) is 11.9 Å². The van der Waals surface area contributed by atoms with E-state index in [0.717, 1.165) is 17.4 Å². The highest BCUT2D eigenvalue weighted by Gasteiger charge is 2.25. The maximum Gasteiger partial charge on any atom is 0.258 e. The molecule has 0 bridgehead atoms. The Morgan fingerprint density at radius 1 is 1.41 bits per heavy atom. The van der Waals surface area contributed by atoms with E-state index < -0.39 is 0 Å². The van der Waals surface area contributed by atoms with E-state index >= 15 is 0 Å². The first-order valence-electron chi connectivity index (χ1n) is 7.28. The summed E-state index contributed by atoms with van der Waals surface area (Å²) in [4.78, 5) is 25.1. The summed E-state index contributed by atoms with van der Waals surface area (Å²) in [5, 5.41) is 2.97. The molecular formula is C18H24N2O2. The van der Waals surface area contributed by atoms with Crippen molar-refractivity contribution in [2.24, 2.45) is 0 Å². The van der Waals surface area contributed by atoms with Gasteiger partial charge in [-0.15, -0.1) is 0 Å². The number of aryl methyl sites for hydroxylation is 2. The molecule has 1 rings (SSSR count). The van der Waals surface area contributed by atoms with Crippen molar-refractivity contribution in [3.8, 4) is 0 Å². The fourth-order valence-corrected chi connectivity index (χ4v) is 2.42. The molecule has 0 heterocycles. The fourth-order valence-electron chi connectivity index (χ4n) is 2.42. The van der Waals surface area contributed by atoms with Gasteiger partial charge in [-0.05, 0) is 31.9 Å². The van der Waals surface area contributed by atoms with Crippen LogP contribution in [0, 0.1) is 13.8 Å². The van der Waals surface area contributed by atoms with E-state index in [9.17, 15) is 9.59 Å². The average molecular weight is 300 g/mol. The summed E-state index contributed by atoms with van der Waals surface area (Å²) >= 11 is 0. The Hall–Kier alpha value is -2.36. The van der Waals surface area contributed by atoms with Crippen LogP contribution < -0.4 is 5.32 Å². The van der Waals surface area contributed by atoms with Gasteiger partial charge < -0.3 is 15.0 Å². The zero-order valence-electron chi connectivity index (χ0n) is 13.6. The summed E-state index contributed by atoms with van der Waals surface area (Å²) in [6.07, 6.45) is 3.21. The van der Waals surface area contributed by atoms with Gasteiger partial charge in [-0.25, -0.2) is 0 Å². The molecule has 1 aromatic carbocycles. The maximum absolute atomic E-state index is 12.8. The molecule has 1 atom stereocenters. The molecule has 0 aliphatic carbocycles. The van der Waals surface area contributed by atoms with E-state index in [1.54, 1.807) is 11.9 Å². The predicted octanol–water partition coefficient (Wildman–Crippen LogP) is 2.97. The Bertz CT molecular complexity index is 578. The monoisotopic (exact) mass is 300 g/mol. The van der Waals surface area contributed by atoms with E-state index in [0.29, 0.717) is 24.1 Å². The fraction of sp³-hybridized carbons (Fsp3) is 0.333. The molecule has 1 aromatic rings. The predicted molar refractivity (Wildman–Crippen MR) is 89.6 cm³/mol. The molecule has 0 radical (unpaired) electrons. The van der Waals surface area contributed by atoms with Crippen LogP contribution in [-0.2, 0) is 4.79 Å². The summed E-state index contributed by atoms with van der Waals surface area (Å²) in [6, 6.07) is 5.40. The Balaban J connectivity index is 3.14. The molecule has 22 heavy (non-hydrogen) atoms. The molecule has 0 aromatic heterocycles. The molecule has 0 spiro atoms. The Morgan fingerprint density at radius 2 is 2.09 bits per heavy atom. The largest absolute Gasteiger partial charge is 0.390 e. The molecule has 118 valence electrons. The maximum atomic E-state index is 12.8. The Morgan fingerprint density at radius 3 is 2.59 bits per heavy atom. The highest BCUT2D eigenvalue weighted by atomic mass is 16.2. The number of hydrogen-bond donors (Lipinski definition) is 1. The molecule has 1 amide bonds. The summed E-state index contributed by atoms with van der Waals surface area (Å²) < 4.78 is 0. The van der Waals surface area contributed by atoms with Gasteiger partial charge in [-0.3, -0.25) is 4.79 Å². The van der Waals surface area contributed by atoms with Crippen LogP contribution in [0.3, 0.4) is 0 Å². The van der Waals surface area contributed by atoms with Gasteiger partial charge >= 0.3 is 0 Å².